The number of esters is 1. The van der Waals surface area contributed by atoms with Crippen LogP contribution in [0.2, 0.25) is 0 Å². The summed E-state index contributed by atoms with van der Waals surface area (Å²) in [6.07, 6.45) is 3.01. The van der Waals surface area contributed by atoms with Gasteiger partial charge < -0.3 is 19.6 Å². The van der Waals surface area contributed by atoms with Gasteiger partial charge in [0.1, 0.15) is 6.04 Å². The van der Waals surface area contributed by atoms with Gasteiger partial charge >= 0.3 is 5.97 Å². The fourth-order valence-electron chi connectivity index (χ4n) is 6.62. The fourth-order valence-corrected chi connectivity index (χ4v) is 10.2. The number of benzene rings is 1. The van der Waals surface area contributed by atoms with Gasteiger partial charge in [0.2, 0.25) is 5.91 Å². The number of nitrogens with zero attached hydrogens (tertiary/aromatic N) is 2. The molecule has 1 aromatic carbocycles. The highest BCUT2D eigenvalue weighted by Gasteiger charge is 2.76. The largest absolute Gasteiger partial charge is 0.466 e. The highest BCUT2D eigenvalue weighted by Crippen LogP contribution is 2.68. The third kappa shape index (κ3) is 4.52. The van der Waals surface area contributed by atoms with Gasteiger partial charge in [-0.1, -0.05) is 54.4 Å². The molecule has 0 aliphatic carbocycles. The van der Waals surface area contributed by atoms with Crippen LogP contribution < -0.4 is 4.90 Å². The van der Waals surface area contributed by atoms with E-state index in [1.54, 1.807) is 34.6 Å². The molecule has 1 spiro atoms. The SMILES string of the molecule is C=CCN(C(=O)C1N([C@@H](CO)[C@@H](C)CC)C(=O)[C@@H]2[C@@H](C(=O)OCC)[C@@H]3SC12CC3Br)c1cc(C)ccc1C. The monoisotopic (exact) mass is 606 g/mol. The molecule has 9 heteroatoms. The average Bonchev–Trinajstić information content (AvgIpc) is 3.48. The number of carbonyl (C=O) groups is 3. The maximum absolute atomic E-state index is 14.8. The van der Waals surface area contributed by atoms with Crippen molar-refractivity contribution < 1.29 is 24.2 Å². The van der Waals surface area contributed by atoms with E-state index in [1.807, 2.05) is 45.9 Å². The molecule has 2 bridgehead atoms. The molecule has 0 aromatic heterocycles. The lowest BCUT2D eigenvalue weighted by Gasteiger charge is -2.41. The zero-order valence-corrected chi connectivity index (χ0v) is 25.3. The summed E-state index contributed by atoms with van der Waals surface area (Å²) in [7, 11) is 0. The molecule has 3 heterocycles. The van der Waals surface area contributed by atoms with Crippen LogP contribution in [0.25, 0.3) is 0 Å². The van der Waals surface area contributed by atoms with E-state index in [4.69, 9.17) is 4.74 Å². The van der Waals surface area contributed by atoms with Gasteiger partial charge in [-0.3, -0.25) is 14.4 Å². The van der Waals surface area contributed by atoms with Crippen molar-refractivity contribution in [3.8, 4) is 0 Å². The number of halogens is 1. The quantitative estimate of drug-likeness (QED) is 0.243. The van der Waals surface area contributed by atoms with Crippen molar-refractivity contribution in [1.29, 1.82) is 0 Å². The third-order valence-electron chi connectivity index (χ3n) is 8.60. The normalized spacial score (nSPS) is 31.2. The molecule has 2 amide bonds. The summed E-state index contributed by atoms with van der Waals surface area (Å²) < 4.78 is 4.65. The zero-order valence-electron chi connectivity index (χ0n) is 22.9. The van der Waals surface area contributed by atoms with Gasteiger partial charge in [-0.2, -0.15) is 0 Å². The summed E-state index contributed by atoms with van der Waals surface area (Å²) in [6.45, 7) is 13.9. The number of aliphatic hydroxyl groups excluding tert-OH is 1. The Labute approximate surface area is 238 Å². The molecule has 3 saturated heterocycles. The number of aliphatic hydroxyl groups is 1. The Morgan fingerprint density at radius 1 is 1.37 bits per heavy atom. The van der Waals surface area contributed by atoms with Crippen LogP contribution >= 0.6 is 27.7 Å². The number of fused-ring (bicyclic) bond motifs is 1. The first-order chi connectivity index (χ1) is 18.1. The van der Waals surface area contributed by atoms with E-state index in [-0.39, 0.29) is 53.5 Å². The van der Waals surface area contributed by atoms with Crippen molar-refractivity contribution in [1.82, 2.24) is 4.90 Å². The van der Waals surface area contributed by atoms with Crippen molar-refractivity contribution in [3.05, 3.63) is 42.0 Å². The first kappa shape index (κ1) is 29.2. The molecule has 0 saturated carbocycles. The van der Waals surface area contributed by atoms with Gasteiger partial charge in [0, 0.05) is 22.3 Å². The Kier molecular flexibility index (Phi) is 8.70. The maximum Gasteiger partial charge on any atom is 0.310 e. The molecule has 3 unspecified atom stereocenters. The van der Waals surface area contributed by atoms with E-state index < -0.39 is 28.7 Å². The highest BCUT2D eigenvalue weighted by molar-refractivity contribution is 9.09. The van der Waals surface area contributed by atoms with Crippen molar-refractivity contribution >= 4 is 51.2 Å². The molecule has 208 valence electrons. The number of ether oxygens (including phenoxy) is 1. The van der Waals surface area contributed by atoms with Crippen molar-refractivity contribution in [2.24, 2.45) is 17.8 Å². The summed E-state index contributed by atoms with van der Waals surface area (Å²) >= 11 is 5.37. The van der Waals surface area contributed by atoms with E-state index in [0.29, 0.717) is 6.42 Å². The average molecular weight is 608 g/mol. The van der Waals surface area contributed by atoms with Crippen molar-refractivity contribution in [3.63, 3.8) is 0 Å². The molecule has 3 aliphatic rings. The molecule has 8 atom stereocenters. The Hall–Kier alpha value is -1.84. The fraction of sp³-hybridized carbons (Fsp3) is 0.621. The molecule has 0 radical (unpaired) electrons. The lowest BCUT2D eigenvalue weighted by molar-refractivity contribution is -0.154. The molecule has 1 aromatic rings. The van der Waals surface area contributed by atoms with Crippen LogP contribution in [0.1, 0.15) is 44.7 Å². The minimum absolute atomic E-state index is 0.0361. The van der Waals surface area contributed by atoms with Crippen LogP contribution in [0.15, 0.2) is 30.9 Å². The molecule has 38 heavy (non-hydrogen) atoms. The topological polar surface area (TPSA) is 87.2 Å². The molecule has 1 N–H and O–H groups in total. The number of rotatable bonds is 10. The van der Waals surface area contributed by atoms with Gasteiger partial charge in [0.05, 0.1) is 35.8 Å². The summed E-state index contributed by atoms with van der Waals surface area (Å²) in [5, 5.41) is 10.4. The zero-order chi connectivity index (χ0) is 27.9. The summed E-state index contributed by atoms with van der Waals surface area (Å²) in [5.74, 6) is -2.17. The predicted molar refractivity (Wildman–Crippen MR) is 154 cm³/mol. The standard InChI is InChI=1S/C29H39BrN2O5S/c1-7-12-31(20-13-16(4)10-11-18(20)6)27(35)25-29-14-19(30)24(38-29)22(28(36)37-9-3)23(29)26(34)32(25)21(15-33)17(5)8-2/h7,10-11,13,17,19,21-25,33H,1,8-9,12,14-15H2,2-6H3/t17-,19?,21-,22+,23-,24+,25?,29?/m0/s1. The third-order valence-corrected chi connectivity index (χ3v) is 11.8. The first-order valence-electron chi connectivity index (χ1n) is 13.5. The van der Waals surface area contributed by atoms with Crippen LogP contribution in [-0.4, -0.2) is 74.5 Å². The van der Waals surface area contributed by atoms with E-state index in [2.05, 4.69) is 22.5 Å². The summed E-state index contributed by atoms with van der Waals surface area (Å²) in [6, 6.07) is 4.61. The molecular weight excluding hydrogens is 568 g/mol. The number of likely N-dealkylation sites (tertiary alicyclic amines) is 1. The molecule has 3 fully saturated rings. The number of hydrogen-bond donors (Lipinski definition) is 1. The molecule has 3 aliphatic heterocycles. The number of aryl methyl sites for hydroxylation is 2. The molecule has 4 rings (SSSR count). The minimum Gasteiger partial charge on any atom is -0.466 e. The summed E-state index contributed by atoms with van der Waals surface area (Å²) in [5.41, 5.74) is 2.75. The van der Waals surface area contributed by atoms with Gasteiger partial charge in [-0.15, -0.1) is 18.3 Å². The van der Waals surface area contributed by atoms with Crippen LogP contribution in [0.3, 0.4) is 0 Å². The number of anilines is 1. The van der Waals surface area contributed by atoms with Gasteiger partial charge in [-0.05, 0) is 50.3 Å². The molecular formula is C29H39BrN2O5S. The number of hydrogen-bond acceptors (Lipinski definition) is 6. The van der Waals surface area contributed by atoms with Crippen LogP contribution in [0.5, 0.6) is 0 Å². The van der Waals surface area contributed by atoms with E-state index in [9.17, 15) is 19.5 Å². The van der Waals surface area contributed by atoms with Crippen molar-refractivity contribution in [2.75, 3.05) is 24.7 Å². The molecule has 7 nitrogen and oxygen atoms in total. The van der Waals surface area contributed by atoms with Crippen molar-refractivity contribution in [2.45, 2.75) is 74.4 Å². The van der Waals surface area contributed by atoms with Gasteiger partial charge in [-0.25, -0.2) is 0 Å². The number of alkyl halides is 1. The number of amides is 2. The lowest BCUT2D eigenvalue weighted by Crippen LogP contribution is -2.59. The number of carbonyl (C=O) groups excluding carboxylic acids is 3. The Bertz CT molecular complexity index is 1110. The Morgan fingerprint density at radius 2 is 2.08 bits per heavy atom. The van der Waals surface area contributed by atoms with E-state index in [0.717, 1.165) is 23.2 Å². The van der Waals surface area contributed by atoms with Crippen LogP contribution in [0.4, 0.5) is 5.69 Å². The lowest BCUT2D eigenvalue weighted by atomic mass is 9.71. The second kappa shape index (κ2) is 11.3. The van der Waals surface area contributed by atoms with Gasteiger partial charge in [0.15, 0.2) is 0 Å². The highest BCUT2D eigenvalue weighted by atomic mass is 79.9. The Morgan fingerprint density at radius 3 is 2.68 bits per heavy atom. The second-order valence-corrected chi connectivity index (χ2v) is 13.5. The second-order valence-electron chi connectivity index (χ2n) is 10.8. The Balaban J connectivity index is 1.89. The smallest absolute Gasteiger partial charge is 0.310 e. The minimum atomic E-state index is -0.833. The van der Waals surface area contributed by atoms with Crippen LogP contribution in [0, 0.1) is 31.6 Å². The van der Waals surface area contributed by atoms with Gasteiger partial charge in [0.25, 0.3) is 5.91 Å². The van der Waals surface area contributed by atoms with Crippen LogP contribution in [-0.2, 0) is 19.1 Å². The number of thioether (sulfide) groups is 1. The first-order valence-corrected chi connectivity index (χ1v) is 15.3. The summed E-state index contributed by atoms with van der Waals surface area (Å²) in [4.78, 5) is 45.7. The van der Waals surface area contributed by atoms with E-state index >= 15 is 0 Å². The maximum atomic E-state index is 14.8. The van der Waals surface area contributed by atoms with E-state index in [1.165, 1.54) is 0 Å². The predicted octanol–water partition coefficient (Wildman–Crippen LogP) is 4.26.